The minimum Gasteiger partial charge on any atom is -0.507 e. The van der Waals surface area contributed by atoms with Crippen molar-refractivity contribution in [3.05, 3.63) is 93.5 Å². The normalized spacial score (nSPS) is 12.9. The van der Waals surface area contributed by atoms with Crippen molar-refractivity contribution in [2.75, 3.05) is 6.26 Å². The van der Waals surface area contributed by atoms with Gasteiger partial charge in [0.05, 0.1) is 17.2 Å². The Kier molecular flexibility index (Phi) is 8.05. The Balaban J connectivity index is 2.03. The lowest BCUT2D eigenvalue weighted by molar-refractivity contribution is -0.141. The van der Waals surface area contributed by atoms with Gasteiger partial charge in [0.1, 0.15) is 22.6 Å². The molecule has 2 aromatic heterocycles. The molecule has 0 unspecified atom stereocenters. The predicted octanol–water partition coefficient (Wildman–Crippen LogP) is 6.70. The number of hydrogen-bond acceptors (Lipinski definition) is 6. The lowest BCUT2D eigenvalue weighted by Gasteiger charge is -2.17. The number of alkyl halides is 3. The number of nitrogens with zero attached hydrogens (tertiary/aromatic N) is 3. The highest BCUT2D eigenvalue weighted by Crippen LogP contribution is 2.36. The summed E-state index contributed by atoms with van der Waals surface area (Å²) in [7, 11) is -3.94. The van der Waals surface area contributed by atoms with Crippen molar-refractivity contribution < 1.29 is 36.2 Å². The molecule has 0 aliphatic heterocycles. The summed E-state index contributed by atoms with van der Waals surface area (Å²) < 4.78 is 81.2. The maximum atomic E-state index is 14.9. The van der Waals surface area contributed by atoms with Gasteiger partial charge in [-0.15, -0.1) is 0 Å². The molecule has 4 aromatic rings. The Morgan fingerprint density at radius 3 is 2.29 bits per heavy atom. The largest absolute Gasteiger partial charge is 0.507 e. The molecule has 2 N–H and O–H groups in total. The van der Waals surface area contributed by atoms with Crippen LogP contribution in [0.15, 0.2) is 53.6 Å². The molecule has 0 bridgehead atoms. The highest BCUT2D eigenvalue weighted by atomic mass is 35.5. The monoisotopic (exact) mass is 609 g/mol. The zero-order valence-electron chi connectivity index (χ0n) is 22.2. The molecule has 13 heteroatoms. The first-order valence-corrected chi connectivity index (χ1v) is 14.2. The van der Waals surface area contributed by atoms with Crippen LogP contribution in [-0.2, 0) is 22.6 Å². The summed E-state index contributed by atoms with van der Waals surface area (Å²) in [6.07, 6.45) is -3.00. The number of pyridine rings is 1. The molecule has 0 radical (unpaired) electrons. The molecular formula is C28H24ClF4N3O4S. The van der Waals surface area contributed by atoms with Gasteiger partial charge in [0, 0.05) is 40.4 Å². The lowest BCUT2D eigenvalue weighted by Crippen LogP contribution is -2.06. The number of aryl methyl sites for hydroxylation is 2. The van der Waals surface area contributed by atoms with E-state index in [0.717, 1.165) is 18.5 Å². The van der Waals surface area contributed by atoms with Crippen molar-refractivity contribution in [3.8, 4) is 16.8 Å². The first-order chi connectivity index (χ1) is 19.0. The second-order valence-corrected chi connectivity index (χ2v) is 11.8. The number of sulfone groups is 1. The Morgan fingerprint density at radius 2 is 1.73 bits per heavy atom. The van der Waals surface area contributed by atoms with Crippen molar-refractivity contribution >= 4 is 32.8 Å². The van der Waals surface area contributed by atoms with Gasteiger partial charge in [-0.05, 0) is 68.3 Å². The zero-order chi connectivity index (χ0) is 30.4. The van der Waals surface area contributed by atoms with E-state index in [-0.39, 0.29) is 44.7 Å². The van der Waals surface area contributed by atoms with Crippen LogP contribution in [0.4, 0.5) is 17.6 Å². The van der Waals surface area contributed by atoms with Crippen LogP contribution in [0.2, 0.25) is 5.15 Å². The first-order valence-electron chi connectivity index (χ1n) is 12.0. The van der Waals surface area contributed by atoms with E-state index in [0.29, 0.717) is 16.8 Å². The fraction of sp³-hybridized carbons (Fsp3) is 0.214. The average Bonchev–Trinajstić information content (AvgIpc) is 3.27. The summed E-state index contributed by atoms with van der Waals surface area (Å²) in [6.45, 7) is 3.75. The molecule has 0 aliphatic carbocycles. The van der Waals surface area contributed by atoms with Crippen LogP contribution in [0.3, 0.4) is 0 Å². The Hall–Kier alpha value is -3.74. The van der Waals surface area contributed by atoms with Crippen LogP contribution in [0.5, 0.6) is 0 Å². The van der Waals surface area contributed by atoms with Crippen molar-refractivity contribution in [3.63, 3.8) is 0 Å². The van der Waals surface area contributed by atoms with Gasteiger partial charge >= 0.3 is 6.18 Å². The third kappa shape index (κ3) is 6.14. The van der Waals surface area contributed by atoms with Crippen molar-refractivity contribution in [1.29, 1.82) is 0 Å². The number of aromatic nitrogens is 3. The van der Waals surface area contributed by atoms with E-state index in [9.17, 15) is 36.2 Å². The van der Waals surface area contributed by atoms with E-state index in [4.69, 9.17) is 11.6 Å². The van der Waals surface area contributed by atoms with E-state index in [1.54, 1.807) is 13.0 Å². The molecule has 0 fully saturated rings. The van der Waals surface area contributed by atoms with Crippen molar-refractivity contribution in [2.45, 2.75) is 38.4 Å². The van der Waals surface area contributed by atoms with Gasteiger partial charge in [0.25, 0.3) is 0 Å². The summed E-state index contributed by atoms with van der Waals surface area (Å²) in [6, 6.07) is 9.67. The van der Waals surface area contributed by atoms with Gasteiger partial charge in [-0.1, -0.05) is 17.7 Å². The third-order valence-corrected chi connectivity index (χ3v) is 7.79. The Bertz CT molecular complexity index is 1800. The molecule has 0 spiro atoms. The SMILES string of the molecule is C/C(=C(\O)c1cc(C)nc(Cl)c1)c1cc(-c2cc(F)c(CO)c(S(C)(=O)=O)c2)ccc1-n1cc(C(F)(F)F)nc1C. The molecular weight excluding hydrogens is 586 g/mol. The average molecular weight is 610 g/mol. The molecule has 7 nitrogen and oxygen atoms in total. The number of rotatable bonds is 6. The molecule has 0 saturated carbocycles. The van der Waals surface area contributed by atoms with Crippen molar-refractivity contribution in [2.24, 2.45) is 0 Å². The van der Waals surface area contributed by atoms with Crippen LogP contribution in [-0.4, -0.2) is 39.4 Å². The number of benzene rings is 2. The summed E-state index contributed by atoms with van der Waals surface area (Å²) in [5.41, 5.74) is 0.399. The lowest BCUT2D eigenvalue weighted by atomic mass is 9.95. The zero-order valence-corrected chi connectivity index (χ0v) is 23.7. The second-order valence-electron chi connectivity index (χ2n) is 9.43. The highest BCUT2D eigenvalue weighted by Gasteiger charge is 2.34. The summed E-state index contributed by atoms with van der Waals surface area (Å²) in [5.74, 6) is -1.18. The molecule has 216 valence electrons. The molecule has 0 saturated heterocycles. The number of allylic oxidation sites excluding steroid dienone is 1. The number of halogens is 5. The molecule has 4 rings (SSSR count). The van der Waals surface area contributed by atoms with Gasteiger partial charge in [0.15, 0.2) is 15.5 Å². The summed E-state index contributed by atoms with van der Waals surface area (Å²) in [4.78, 5) is 7.29. The predicted molar refractivity (Wildman–Crippen MR) is 147 cm³/mol. The topological polar surface area (TPSA) is 105 Å². The number of aliphatic hydroxyl groups excluding tert-OH is 2. The van der Waals surface area contributed by atoms with E-state index in [2.05, 4.69) is 9.97 Å². The van der Waals surface area contributed by atoms with Gasteiger partial charge < -0.3 is 14.8 Å². The summed E-state index contributed by atoms with van der Waals surface area (Å²) in [5, 5.41) is 20.9. The van der Waals surface area contributed by atoms with E-state index >= 15 is 0 Å². The Labute approximate surface area is 238 Å². The molecule has 0 amide bonds. The molecule has 0 aliphatic rings. The smallest absolute Gasteiger partial charge is 0.434 e. The van der Waals surface area contributed by atoms with Crippen LogP contribution in [0, 0.1) is 19.7 Å². The quantitative estimate of drug-likeness (QED) is 0.143. The number of aliphatic hydroxyl groups is 2. The number of imidazole rings is 1. The van der Waals surface area contributed by atoms with Crippen LogP contribution in [0.1, 0.15) is 40.8 Å². The third-order valence-electron chi connectivity index (χ3n) is 6.43. The van der Waals surface area contributed by atoms with Gasteiger partial charge in [-0.3, -0.25) is 0 Å². The molecule has 41 heavy (non-hydrogen) atoms. The minimum atomic E-state index is -4.71. The van der Waals surface area contributed by atoms with E-state index in [1.807, 2.05) is 0 Å². The van der Waals surface area contributed by atoms with Gasteiger partial charge in [-0.25, -0.2) is 22.8 Å². The van der Waals surface area contributed by atoms with Crippen LogP contribution >= 0.6 is 11.6 Å². The molecule has 2 aromatic carbocycles. The van der Waals surface area contributed by atoms with Crippen LogP contribution in [0.25, 0.3) is 28.1 Å². The van der Waals surface area contributed by atoms with Crippen molar-refractivity contribution in [1.82, 2.24) is 14.5 Å². The highest BCUT2D eigenvalue weighted by molar-refractivity contribution is 7.90. The fourth-order valence-corrected chi connectivity index (χ4v) is 5.65. The second kappa shape index (κ2) is 10.9. The Morgan fingerprint density at radius 1 is 1.05 bits per heavy atom. The maximum Gasteiger partial charge on any atom is 0.434 e. The maximum absolute atomic E-state index is 14.9. The van der Waals surface area contributed by atoms with Gasteiger partial charge in [0.2, 0.25) is 0 Å². The first kappa shape index (κ1) is 30.2. The summed E-state index contributed by atoms with van der Waals surface area (Å²) >= 11 is 6.07. The van der Waals surface area contributed by atoms with Gasteiger partial charge in [-0.2, -0.15) is 13.2 Å². The minimum absolute atomic E-state index is 0.0131. The van der Waals surface area contributed by atoms with E-state index < -0.39 is 39.0 Å². The molecule has 0 atom stereocenters. The van der Waals surface area contributed by atoms with E-state index in [1.165, 1.54) is 48.7 Å². The van der Waals surface area contributed by atoms with Crippen LogP contribution < -0.4 is 0 Å². The fourth-order valence-electron chi connectivity index (χ4n) is 4.45. The molecule has 2 heterocycles. The standard InChI is InChI=1S/C28H24ClF4N3O4S/c1-14-7-19(11-26(29)34-14)27(38)15(2)20-8-17(18-9-22(30)21(13-37)24(10-18)41(4,39)40)5-6-23(20)36-12-25(28(31,32)33)35-16(36)3/h5-12,37-38H,13H2,1-4H3/b27-15+. The number of hydrogen-bond donors (Lipinski definition) is 2.